The molecular formula is C22H30N4OS2. The Bertz CT molecular complexity index is 933. The van der Waals surface area contributed by atoms with E-state index in [-0.39, 0.29) is 17.1 Å². The van der Waals surface area contributed by atoms with E-state index in [1.54, 1.807) is 23.1 Å². The summed E-state index contributed by atoms with van der Waals surface area (Å²) in [5.41, 5.74) is 9.66. The Morgan fingerprint density at radius 3 is 2.62 bits per heavy atom. The largest absolute Gasteiger partial charge is 0.383 e. The molecule has 29 heavy (non-hydrogen) atoms. The summed E-state index contributed by atoms with van der Waals surface area (Å²) in [4.78, 5) is 14.7. The zero-order chi connectivity index (χ0) is 21.5. The van der Waals surface area contributed by atoms with Gasteiger partial charge in [0.15, 0.2) is 5.78 Å². The van der Waals surface area contributed by atoms with Crippen molar-refractivity contribution in [1.29, 1.82) is 5.26 Å². The van der Waals surface area contributed by atoms with Crippen molar-refractivity contribution >= 4 is 28.9 Å². The molecule has 1 unspecified atom stereocenters. The molecule has 0 radical (unpaired) electrons. The number of ketones is 1. The van der Waals surface area contributed by atoms with Gasteiger partial charge in [-0.3, -0.25) is 9.80 Å². The van der Waals surface area contributed by atoms with Crippen LogP contribution in [-0.4, -0.2) is 35.6 Å². The highest BCUT2D eigenvalue weighted by atomic mass is 32.2. The molecule has 1 aromatic heterocycles. The lowest BCUT2D eigenvalue weighted by Gasteiger charge is -2.45. The number of carbonyl (C=O) groups excluding carboxylic acids is 1. The molecule has 156 valence electrons. The second-order valence-corrected chi connectivity index (χ2v) is 11.2. The smallest absolute Gasteiger partial charge is 0.162 e. The molecule has 1 atom stereocenters. The van der Waals surface area contributed by atoms with Gasteiger partial charge in [0.1, 0.15) is 5.82 Å². The predicted octanol–water partition coefficient (Wildman–Crippen LogP) is 4.64. The maximum absolute atomic E-state index is 13.4. The van der Waals surface area contributed by atoms with Crippen molar-refractivity contribution in [2.24, 2.45) is 11.1 Å². The van der Waals surface area contributed by atoms with Gasteiger partial charge in [-0.25, -0.2) is 5.01 Å². The summed E-state index contributed by atoms with van der Waals surface area (Å²) in [6.45, 7) is 8.51. The number of hydrogen-bond acceptors (Lipinski definition) is 7. The van der Waals surface area contributed by atoms with E-state index in [0.29, 0.717) is 17.8 Å². The van der Waals surface area contributed by atoms with Gasteiger partial charge in [-0.2, -0.15) is 5.26 Å². The van der Waals surface area contributed by atoms with Crippen molar-refractivity contribution in [1.82, 2.24) is 10.0 Å². The summed E-state index contributed by atoms with van der Waals surface area (Å²) in [6.07, 6.45) is 2.18. The number of nitriles is 1. The number of aryl methyl sites for hydroxylation is 1. The number of nitrogens with two attached hydrogens (primary N) is 1. The number of allylic oxidation sites excluding steroid dienone is 3. The molecule has 2 heterocycles. The third kappa shape index (κ3) is 3.86. The molecule has 0 bridgehead atoms. The van der Waals surface area contributed by atoms with Crippen molar-refractivity contribution < 1.29 is 4.79 Å². The number of nitrogens with zero attached hydrogens (tertiary/aromatic N) is 3. The third-order valence-electron chi connectivity index (χ3n) is 5.46. The second kappa shape index (κ2) is 8.17. The topological polar surface area (TPSA) is 73.4 Å². The van der Waals surface area contributed by atoms with Crippen LogP contribution in [-0.2, 0) is 11.2 Å². The molecule has 1 aliphatic heterocycles. The van der Waals surface area contributed by atoms with E-state index >= 15 is 0 Å². The number of carbonyl (C=O) groups is 1. The van der Waals surface area contributed by atoms with E-state index in [1.807, 2.05) is 24.1 Å². The summed E-state index contributed by atoms with van der Waals surface area (Å²) < 4.78 is 1.19. The first-order valence-corrected chi connectivity index (χ1v) is 11.8. The number of hydrazine groups is 1. The maximum atomic E-state index is 13.4. The van der Waals surface area contributed by atoms with Gasteiger partial charge in [-0.1, -0.05) is 27.7 Å². The Balaban J connectivity index is 2.30. The molecule has 0 spiro atoms. The second-order valence-electron chi connectivity index (χ2n) is 8.55. The molecule has 0 saturated carbocycles. The van der Waals surface area contributed by atoms with Gasteiger partial charge in [0.05, 0.1) is 21.8 Å². The van der Waals surface area contributed by atoms with Gasteiger partial charge in [-0.05, 0) is 35.6 Å². The van der Waals surface area contributed by atoms with Crippen LogP contribution in [0.2, 0.25) is 0 Å². The van der Waals surface area contributed by atoms with Crippen molar-refractivity contribution in [2.45, 2.75) is 57.1 Å². The highest BCUT2D eigenvalue weighted by molar-refractivity contribution is 8.01. The van der Waals surface area contributed by atoms with Gasteiger partial charge in [0.2, 0.25) is 0 Å². The molecule has 0 fully saturated rings. The summed E-state index contributed by atoms with van der Waals surface area (Å²) in [5.74, 6) is 1.13. The molecule has 3 rings (SSSR count). The average molecular weight is 431 g/mol. The van der Waals surface area contributed by atoms with Crippen LogP contribution in [0.15, 0.2) is 32.9 Å². The number of thiophene rings is 1. The lowest BCUT2D eigenvalue weighted by Crippen LogP contribution is -2.47. The standard InChI is InChI=1S/C22H30N4OS2/c1-7-13-9-14(21(29-13)28-8-2)18-15(12-23)20(24)26(25(5)6)16-10-22(3,4)11-17(27)19(16)18/h9,18H,7-8,10-11,24H2,1-6H3. The van der Waals surface area contributed by atoms with E-state index in [1.165, 1.54) is 9.09 Å². The lowest BCUT2D eigenvalue weighted by atomic mass is 9.69. The first kappa shape index (κ1) is 21.9. The molecule has 1 aliphatic carbocycles. The number of thioether (sulfide) groups is 1. The van der Waals surface area contributed by atoms with E-state index in [2.05, 4.69) is 39.8 Å². The monoisotopic (exact) mass is 430 g/mol. The normalized spacial score (nSPS) is 21.7. The Labute approximate surface area is 182 Å². The highest BCUT2D eigenvalue weighted by Crippen LogP contribution is 2.51. The average Bonchev–Trinajstić information content (AvgIpc) is 3.02. The van der Waals surface area contributed by atoms with Crippen molar-refractivity contribution in [2.75, 3.05) is 19.8 Å². The third-order valence-corrected chi connectivity index (χ3v) is 7.94. The van der Waals surface area contributed by atoms with Crippen LogP contribution >= 0.6 is 23.1 Å². The molecule has 2 N–H and O–H groups in total. The molecule has 0 saturated heterocycles. The molecular weight excluding hydrogens is 400 g/mol. The summed E-state index contributed by atoms with van der Waals surface area (Å²) in [7, 11) is 3.80. The SMILES string of the molecule is CCSc1sc(CC)cc1C1C(C#N)=C(N)N(N(C)C)C2=C1C(=O)CC(C)(C)C2. The van der Waals surface area contributed by atoms with Crippen LogP contribution in [0.5, 0.6) is 0 Å². The summed E-state index contributed by atoms with van der Waals surface area (Å²) in [5, 5.41) is 13.8. The molecule has 5 nitrogen and oxygen atoms in total. The van der Waals surface area contributed by atoms with E-state index in [4.69, 9.17) is 5.73 Å². The Morgan fingerprint density at radius 2 is 2.07 bits per heavy atom. The summed E-state index contributed by atoms with van der Waals surface area (Å²) in [6, 6.07) is 4.53. The predicted molar refractivity (Wildman–Crippen MR) is 120 cm³/mol. The maximum Gasteiger partial charge on any atom is 0.162 e. The Kier molecular flexibility index (Phi) is 6.19. The van der Waals surface area contributed by atoms with E-state index < -0.39 is 0 Å². The van der Waals surface area contributed by atoms with Crippen LogP contribution in [0, 0.1) is 16.7 Å². The first-order chi connectivity index (χ1) is 13.6. The van der Waals surface area contributed by atoms with Crippen LogP contribution < -0.4 is 5.73 Å². The van der Waals surface area contributed by atoms with Gasteiger partial charge in [0, 0.05) is 36.7 Å². The number of rotatable bonds is 5. The zero-order valence-corrected chi connectivity index (χ0v) is 19.8. The minimum absolute atomic E-state index is 0.130. The number of Topliss-reactive ketones (excluding diaryl/α,β-unsaturated/α-hetero) is 1. The zero-order valence-electron chi connectivity index (χ0n) is 18.1. The lowest BCUT2D eigenvalue weighted by molar-refractivity contribution is -0.119. The van der Waals surface area contributed by atoms with E-state index in [0.717, 1.165) is 35.4 Å². The fourth-order valence-electron chi connectivity index (χ4n) is 4.32. The van der Waals surface area contributed by atoms with Crippen molar-refractivity contribution in [3.8, 4) is 6.07 Å². The Morgan fingerprint density at radius 1 is 1.38 bits per heavy atom. The fraction of sp³-hybridized carbons (Fsp3) is 0.545. The quantitative estimate of drug-likeness (QED) is 0.686. The van der Waals surface area contributed by atoms with Crippen molar-refractivity contribution in [3.63, 3.8) is 0 Å². The van der Waals surface area contributed by atoms with Gasteiger partial charge < -0.3 is 5.73 Å². The number of hydrogen-bond donors (Lipinski definition) is 1. The molecule has 0 aromatic carbocycles. The highest BCUT2D eigenvalue weighted by Gasteiger charge is 2.45. The first-order valence-electron chi connectivity index (χ1n) is 10.0. The van der Waals surface area contributed by atoms with Crippen LogP contribution in [0.1, 0.15) is 56.9 Å². The minimum atomic E-state index is -0.375. The minimum Gasteiger partial charge on any atom is -0.383 e. The van der Waals surface area contributed by atoms with Gasteiger partial charge in [0.25, 0.3) is 0 Å². The van der Waals surface area contributed by atoms with E-state index in [9.17, 15) is 10.1 Å². The molecule has 1 aromatic rings. The van der Waals surface area contributed by atoms with Crippen molar-refractivity contribution in [3.05, 3.63) is 39.2 Å². The summed E-state index contributed by atoms with van der Waals surface area (Å²) >= 11 is 3.55. The van der Waals surface area contributed by atoms with Gasteiger partial charge in [-0.15, -0.1) is 23.1 Å². The molecule has 2 aliphatic rings. The van der Waals surface area contributed by atoms with Crippen LogP contribution in [0.3, 0.4) is 0 Å². The molecule has 7 heteroatoms. The fourth-order valence-corrected chi connectivity index (χ4v) is 6.70. The Hall–Kier alpha value is -1.75. The van der Waals surface area contributed by atoms with Crippen LogP contribution in [0.25, 0.3) is 0 Å². The van der Waals surface area contributed by atoms with Crippen LogP contribution in [0.4, 0.5) is 0 Å². The van der Waals surface area contributed by atoms with Gasteiger partial charge >= 0.3 is 0 Å². The molecule has 0 amide bonds.